The number of unbranched alkanes of at least 4 members (excludes halogenated alkanes) is 10. The molecule has 0 aliphatic heterocycles. The first-order valence-electron chi connectivity index (χ1n) is 9.18. The Balaban J connectivity index is 3.14. The zero-order valence-corrected chi connectivity index (χ0v) is 14.4. The molecule has 0 bridgehead atoms. The van der Waals surface area contributed by atoms with Gasteiger partial charge in [0.15, 0.2) is 0 Å². The van der Waals surface area contributed by atoms with E-state index in [2.05, 4.69) is 6.92 Å². The number of hydrogen-bond donors (Lipinski definition) is 0. The fourth-order valence-corrected chi connectivity index (χ4v) is 2.65. The van der Waals surface area contributed by atoms with Gasteiger partial charge in [-0.05, 0) is 19.8 Å². The summed E-state index contributed by atoms with van der Waals surface area (Å²) in [7, 11) is 0. The Bertz CT molecular complexity index is 258. The molecule has 0 aromatic carbocycles. The predicted octanol–water partition coefficient (Wildman–Crippen LogP) is 6.02. The van der Waals surface area contributed by atoms with Gasteiger partial charge in [0.25, 0.3) is 0 Å². The van der Waals surface area contributed by atoms with Crippen LogP contribution in [0.3, 0.4) is 0 Å². The quantitative estimate of drug-likeness (QED) is 0.326. The summed E-state index contributed by atoms with van der Waals surface area (Å²) < 4.78 is 0. The summed E-state index contributed by atoms with van der Waals surface area (Å²) in [6.07, 6.45) is 17.1. The summed E-state index contributed by atoms with van der Waals surface area (Å²) in [5, 5.41) is 0. The van der Waals surface area contributed by atoms with Gasteiger partial charge in [0.2, 0.25) is 0 Å². The van der Waals surface area contributed by atoms with Crippen molar-refractivity contribution in [3.63, 3.8) is 0 Å². The molecule has 0 aliphatic rings. The first-order valence-corrected chi connectivity index (χ1v) is 9.18. The van der Waals surface area contributed by atoms with Crippen LogP contribution in [0.4, 0.5) is 0 Å². The van der Waals surface area contributed by atoms with Crippen LogP contribution in [-0.4, -0.2) is 11.6 Å². The Labute approximate surface area is 132 Å². The highest BCUT2D eigenvalue weighted by atomic mass is 16.1. The van der Waals surface area contributed by atoms with Gasteiger partial charge in [0.1, 0.15) is 11.6 Å². The Morgan fingerprint density at radius 1 is 0.571 bits per heavy atom. The van der Waals surface area contributed by atoms with E-state index in [1.54, 1.807) is 6.92 Å². The molecule has 0 saturated heterocycles. The van der Waals surface area contributed by atoms with Crippen LogP contribution in [0.2, 0.25) is 0 Å². The maximum atomic E-state index is 11.6. The molecular weight excluding hydrogens is 260 g/mol. The van der Waals surface area contributed by atoms with Crippen LogP contribution in [0.5, 0.6) is 0 Å². The molecule has 124 valence electrons. The molecule has 0 radical (unpaired) electrons. The molecule has 0 spiro atoms. The lowest BCUT2D eigenvalue weighted by Crippen LogP contribution is -1.99. The molecule has 0 aromatic rings. The predicted molar refractivity (Wildman–Crippen MR) is 90.6 cm³/mol. The van der Waals surface area contributed by atoms with Gasteiger partial charge in [-0.3, -0.25) is 4.79 Å². The van der Waals surface area contributed by atoms with Gasteiger partial charge < -0.3 is 4.79 Å². The summed E-state index contributed by atoms with van der Waals surface area (Å²) in [6, 6.07) is 0. The van der Waals surface area contributed by atoms with Crippen molar-refractivity contribution >= 4 is 11.6 Å². The van der Waals surface area contributed by atoms with Crippen molar-refractivity contribution in [2.75, 3.05) is 0 Å². The Morgan fingerprint density at radius 3 is 1.48 bits per heavy atom. The second-order valence-electron chi connectivity index (χ2n) is 6.38. The molecule has 0 amide bonds. The van der Waals surface area contributed by atoms with Gasteiger partial charge in [-0.1, -0.05) is 71.1 Å². The normalized spacial score (nSPS) is 10.8. The van der Waals surface area contributed by atoms with Crippen LogP contribution < -0.4 is 0 Å². The monoisotopic (exact) mass is 296 g/mol. The van der Waals surface area contributed by atoms with E-state index in [1.807, 2.05) is 0 Å². The maximum Gasteiger partial charge on any atom is 0.132 e. The van der Waals surface area contributed by atoms with Crippen LogP contribution in [0.1, 0.15) is 110 Å². The molecule has 0 atom stereocenters. The van der Waals surface area contributed by atoms with Crippen molar-refractivity contribution in [1.82, 2.24) is 0 Å². The number of rotatable bonds is 16. The molecule has 0 aliphatic carbocycles. The van der Waals surface area contributed by atoms with Crippen LogP contribution in [0, 0.1) is 0 Å². The smallest absolute Gasteiger partial charge is 0.132 e. The van der Waals surface area contributed by atoms with Crippen molar-refractivity contribution < 1.29 is 9.59 Å². The second-order valence-corrected chi connectivity index (χ2v) is 6.38. The fraction of sp³-hybridized carbons (Fsp3) is 0.895. The molecule has 0 unspecified atom stereocenters. The lowest BCUT2D eigenvalue weighted by Gasteiger charge is -2.03. The van der Waals surface area contributed by atoms with E-state index in [0.29, 0.717) is 18.6 Å². The Hall–Kier alpha value is -0.660. The lowest BCUT2D eigenvalue weighted by molar-refractivity contribution is -0.119. The van der Waals surface area contributed by atoms with E-state index < -0.39 is 0 Å². The molecular formula is C19H36O2. The molecule has 0 N–H and O–H groups in total. The maximum absolute atomic E-state index is 11.6. The second kappa shape index (κ2) is 15.7. The zero-order chi connectivity index (χ0) is 15.8. The van der Waals surface area contributed by atoms with Gasteiger partial charge in [0, 0.05) is 19.3 Å². The largest absolute Gasteiger partial charge is 0.300 e. The SMILES string of the molecule is CCCCCCCCCCCCCC(=O)CCCC(C)=O. The van der Waals surface area contributed by atoms with Crippen LogP contribution in [-0.2, 0) is 9.59 Å². The molecule has 0 saturated carbocycles. The average molecular weight is 296 g/mol. The molecule has 2 heteroatoms. The lowest BCUT2D eigenvalue weighted by atomic mass is 10.0. The summed E-state index contributed by atoms with van der Waals surface area (Å²) >= 11 is 0. The van der Waals surface area contributed by atoms with Crippen molar-refractivity contribution in [3.05, 3.63) is 0 Å². The van der Waals surface area contributed by atoms with E-state index in [-0.39, 0.29) is 5.78 Å². The van der Waals surface area contributed by atoms with E-state index in [9.17, 15) is 9.59 Å². The molecule has 0 rings (SSSR count). The highest BCUT2D eigenvalue weighted by Gasteiger charge is 2.03. The minimum atomic E-state index is 0.192. The number of Topliss-reactive ketones (excluding diaryl/α,β-unsaturated/α-hetero) is 2. The zero-order valence-electron chi connectivity index (χ0n) is 14.4. The fourth-order valence-electron chi connectivity index (χ4n) is 2.65. The highest BCUT2D eigenvalue weighted by Crippen LogP contribution is 2.12. The Morgan fingerprint density at radius 2 is 1.00 bits per heavy atom. The van der Waals surface area contributed by atoms with Gasteiger partial charge in [-0.2, -0.15) is 0 Å². The molecule has 0 aromatic heterocycles. The van der Waals surface area contributed by atoms with Crippen molar-refractivity contribution in [3.8, 4) is 0 Å². The van der Waals surface area contributed by atoms with E-state index in [0.717, 1.165) is 19.3 Å². The van der Waals surface area contributed by atoms with E-state index >= 15 is 0 Å². The number of hydrogen-bond acceptors (Lipinski definition) is 2. The summed E-state index contributed by atoms with van der Waals surface area (Å²) in [5.74, 6) is 0.532. The van der Waals surface area contributed by atoms with Gasteiger partial charge in [-0.25, -0.2) is 0 Å². The number of carbonyl (C=O) groups excluding carboxylic acids is 2. The third-order valence-electron chi connectivity index (χ3n) is 4.04. The molecule has 0 heterocycles. The van der Waals surface area contributed by atoms with Crippen molar-refractivity contribution in [2.24, 2.45) is 0 Å². The van der Waals surface area contributed by atoms with Crippen LogP contribution in [0.15, 0.2) is 0 Å². The highest BCUT2D eigenvalue weighted by molar-refractivity contribution is 5.80. The van der Waals surface area contributed by atoms with Crippen molar-refractivity contribution in [2.45, 2.75) is 110 Å². The van der Waals surface area contributed by atoms with Crippen LogP contribution >= 0.6 is 0 Å². The minimum absolute atomic E-state index is 0.192. The first-order chi connectivity index (χ1) is 10.2. The standard InChI is InChI=1S/C19H36O2/c1-3-4-5-6-7-8-9-10-11-12-13-16-19(21)17-14-15-18(2)20/h3-17H2,1-2H3. The topological polar surface area (TPSA) is 34.1 Å². The summed E-state index contributed by atoms with van der Waals surface area (Å²) in [6.45, 7) is 3.85. The molecule has 0 fully saturated rings. The molecule has 2 nitrogen and oxygen atoms in total. The minimum Gasteiger partial charge on any atom is -0.300 e. The third kappa shape index (κ3) is 17.3. The van der Waals surface area contributed by atoms with Crippen molar-refractivity contribution in [1.29, 1.82) is 0 Å². The molecule has 21 heavy (non-hydrogen) atoms. The van der Waals surface area contributed by atoms with Crippen LogP contribution in [0.25, 0.3) is 0 Å². The van der Waals surface area contributed by atoms with E-state index in [4.69, 9.17) is 0 Å². The first kappa shape index (κ1) is 20.3. The number of ketones is 2. The average Bonchev–Trinajstić information content (AvgIpc) is 2.44. The van der Waals surface area contributed by atoms with Gasteiger partial charge in [-0.15, -0.1) is 0 Å². The third-order valence-corrected chi connectivity index (χ3v) is 4.04. The summed E-state index contributed by atoms with van der Waals surface area (Å²) in [4.78, 5) is 22.3. The number of carbonyl (C=O) groups is 2. The van der Waals surface area contributed by atoms with E-state index in [1.165, 1.54) is 64.2 Å². The summed E-state index contributed by atoms with van der Waals surface area (Å²) in [5.41, 5.74) is 0. The Kier molecular flexibility index (Phi) is 15.2. The van der Waals surface area contributed by atoms with Gasteiger partial charge >= 0.3 is 0 Å². The van der Waals surface area contributed by atoms with Gasteiger partial charge in [0.05, 0.1) is 0 Å².